The smallest absolute Gasteiger partial charge is 0.256 e. The summed E-state index contributed by atoms with van der Waals surface area (Å²) in [5.74, 6) is 1.33. The first-order valence-electron chi connectivity index (χ1n) is 7.59. The van der Waals surface area contributed by atoms with Gasteiger partial charge < -0.3 is 9.64 Å². The number of carbonyl (C=O) groups is 1. The normalized spacial score (nSPS) is 33.4. The molecule has 3 rings (SSSR count). The summed E-state index contributed by atoms with van der Waals surface area (Å²) >= 11 is 0. The lowest BCUT2D eigenvalue weighted by Gasteiger charge is -2.42. The summed E-state index contributed by atoms with van der Waals surface area (Å²) in [4.78, 5) is 14.8. The van der Waals surface area contributed by atoms with Gasteiger partial charge in [-0.05, 0) is 24.3 Å². The molecule has 4 atom stereocenters. The number of amides is 1. The second kappa shape index (κ2) is 5.21. The number of hydrogen-bond donors (Lipinski definition) is 0. The molecule has 1 heterocycles. The van der Waals surface area contributed by atoms with E-state index in [4.69, 9.17) is 4.74 Å². The van der Waals surface area contributed by atoms with Crippen LogP contribution in [0.15, 0.2) is 24.3 Å². The minimum absolute atomic E-state index is 0.137. The number of ether oxygens (including phenoxy) is 1. The van der Waals surface area contributed by atoms with Gasteiger partial charge in [-0.25, -0.2) is 0 Å². The van der Waals surface area contributed by atoms with Crippen LogP contribution in [0.2, 0.25) is 0 Å². The predicted octanol–water partition coefficient (Wildman–Crippen LogP) is 3.61. The fraction of sp³-hybridized carbons (Fsp3) is 0.588. The first kappa shape index (κ1) is 13.6. The van der Waals surface area contributed by atoms with Crippen molar-refractivity contribution < 1.29 is 9.53 Å². The zero-order valence-electron chi connectivity index (χ0n) is 12.5. The van der Waals surface area contributed by atoms with E-state index in [0.717, 1.165) is 17.5 Å². The molecule has 108 valence electrons. The molecule has 3 heteroatoms. The van der Waals surface area contributed by atoms with Crippen LogP contribution < -0.4 is 0 Å². The van der Waals surface area contributed by atoms with E-state index in [0.29, 0.717) is 17.9 Å². The van der Waals surface area contributed by atoms with E-state index in [1.165, 1.54) is 12.8 Å². The number of hydrogen-bond acceptors (Lipinski definition) is 2. The molecule has 3 nitrogen and oxygen atoms in total. The minimum atomic E-state index is -0.212. The standard InChI is InChI=1S/C17H23NO2/c1-11-7-6-10-15(12(11)2)18-16(19)13-8-4-5-9-14(13)17(18)20-3/h4-5,8-9,11-12,15,17H,6-7,10H2,1-3H3/t11-,12-,15+,17+/m0/s1. The molecule has 0 unspecified atom stereocenters. The maximum absolute atomic E-state index is 12.8. The molecule has 1 amide bonds. The van der Waals surface area contributed by atoms with Crippen molar-refractivity contribution in [2.75, 3.05) is 7.11 Å². The van der Waals surface area contributed by atoms with E-state index in [1.807, 2.05) is 29.2 Å². The highest BCUT2D eigenvalue weighted by molar-refractivity contribution is 5.99. The Kier molecular flexibility index (Phi) is 3.55. The number of methoxy groups -OCH3 is 1. The molecular formula is C17H23NO2. The van der Waals surface area contributed by atoms with Gasteiger partial charge in [-0.3, -0.25) is 4.79 Å². The average Bonchev–Trinajstić information content (AvgIpc) is 2.75. The number of fused-ring (bicyclic) bond motifs is 1. The molecule has 1 aromatic rings. The minimum Gasteiger partial charge on any atom is -0.357 e. The van der Waals surface area contributed by atoms with Crippen LogP contribution in [0.5, 0.6) is 0 Å². The quantitative estimate of drug-likeness (QED) is 0.823. The van der Waals surface area contributed by atoms with Crippen molar-refractivity contribution >= 4 is 5.91 Å². The lowest BCUT2D eigenvalue weighted by Crippen LogP contribution is -2.46. The third kappa shape index (κ3) is 1.96. The highest BCUT2D eigenvalue weighted by Crippen LogP contribution is 2.42. The Labute approximate surface area is 120 Å². The van der Waals surface area contributed by atoms with Crippen LogP contribution in [0, 0.1) is 11.8 Å². The van der Waals surface area contributed by atoms with Crippen LogP contribution in [0.1, 0.15) is 55.3 Å². The van der Waals surface area contributed by atoms with Crippen molar-refractivity contribution in [1.82, 2.24) is 4.90 Å². The summed E-state index contributed by atoms with van der Waals surface area (Å²) in [6.45, 7) is 4.57. The zero-order valence-corrected chi connectivity index (χ0v) is 12.5. The molecule has 20 heavy (non-hydrogen) atoms. The van der Waals surface area contributed by atoms with Gasteiger partial charge >= 0.3 is 0 Å². The van der Waals surface area contributed by atoms with Crippen molar-refractivity contribution in [3.05, 3.63) is 35.4 Å². The van der Waals surface area contributed by atoms with Crippen molar-refractivity contribution in [2.45, 2.75) is 45.4 Å². The zero-order chi connectivity index (χ0) is 14.3. The highest BCUT2D eigenvalue weighted by Gasteiger charge is 2.44. The molecule has 0 N–H and O–H groups in total. The number of benzene rings is 1. The third-order valence-corrected chi connectivity index (χ3v) is 5.19. The average molecular weight is 273 g/mol. The summed E-state index contributed by atoms with van der Waals surface area (Å²) in [6, 6.07) is 8.14. The highest BCUT2D eigenvalue weighted by atomic mass is 16.5. The second-order valence-electron chi connectivity index (χ2n) is 6.22. The Bertz CT molecular complexity index is 513. The van der Waals surface area contributed by atoms with Crippen molar-refractivity contribution in [2.24, 2.45) is 11.8 Å². The van der Waals surface area contributed by atoms with Crippen LogP contribution in [0.4, 0.5) is 0 Å². The van der Waals surface area contributed by atoms with Gasteiger partial charge in [0.15, 0.2) is 6.23 Å². The summed E-state index contributed by atoms with van der Waals surface area (Å²) < 4.78 is 5.66. The molecule has 0 aromatic heterocycles. The van der Waals surface area contributed by atoms with Crippen LogP contribution in [-0.4, -0.2) is 24.0 Å². The summed E-state index contributed by atoms with van der Waals surface area (Å²) in [5.41, 5.74) is 1.83. The third-order valence-electron chi connectivity index (χ3n) is 5.19. The van der Waals surface area contributed by atoms with Gasteiger partial charge in [-0.2, -0.15) is 0 Å². The van der Waals surface area contributed by atoms with Gasteiger partial charge in [0.1, 0.15) is 0 Å². The fourth-order valence-corrected chi connectivity index (χ4v) is 3.81. The molecule has 1 aromatic carbocycles. The monoisotopic (exact) mass is 273 g/mol. The Morgan fingerprint density at radius 2 is 1.95 bits per heavy atom. The lowest BCUT2D eigenvalue weighted by atomic mass is 9.77. The molecular weight excluding hydrogens is 250 g/mol. The fourth-order valence-electron chi connectivity index (χ4n) is 3.81. The molecule has 0 radical (unpaired) electrons. The molecule has 2 aliphatic rings. The Hall–Kier alpha value is -1.35. The van der Waals surface area contributed by atoms with Gasteiger partial charge in [-0.15, -0.1) is 0 Å². The van der Waals surface area contributed by atoms with Crippen LogP contribution in [-0.2, 0) is 4.74 Å². The van der Waals surface area contributed by atoms with Crippen molar-refractivity contribution in [3.63, 3.8) is 0 Å². The molecule has 1 fully saturated rings. The van der Waals surface area contributed by atoms with E-state index in [2.05, 4.69) is 13.8 Å². The number of nitrogens with zero attached hydrogens (tertiary/aromatic N) is 1. The topological polar surface area (TPSA) is 29.5 Å². The largest absolute Gasteiger partial charge is 0.357 e. The molecule has 1 saturated carbocycles. The maximum atomic E-state index is 12.8. The predicted molar refractivity (Wildman–Crippen MR) is 78.3 cm³/mol. The van der Waals surface area contributed by atoms with Crippen LogP contribution >= 0.6 is 0 Å². The summed E-state index contributed by atoms with van der Waals surface area (Å²) in [7, 11) is 1.70. The van der Waals surface area contributed by atoms with E-state index in [-0.39, 0.29) is 12.1 Å². The van der Waals surface area contributed by atoms with Crippen LogP contribution in [0.25, 0.3) is 0 Å². The van der Waals surface area contributed by atoms with E-state index in [9.17, 15) is 4.79 Å². The van der Waals surface area contributed by atoms with Crippen LogP contribution in [0.3, 0.4) is 0 Å². The molecule has 0 spiro atoms. The number of carbonyl (C=O) groups excluding carboxylic acids is 1. The Morgan fingerprint density at radius 1 is 1.20 bits per heavy atom. The molecule has 1 aliphatic carbocycles. The van der Waals surface area contributed by atoms with E-state index in [1.54, 1.807) is 7.11 Å². The lowest BCUT2D eigenvalue weighted by molar-refractivity contribution is -0.0536. The second-order valence-corrected chi connectivity index (χ2v) is 6.22. The molecule has 1 aliphatic heterocycles. The van der Waals surface area contributed by atoms with Gasteiger partial charge in [0.2, 0.25) is 0 Å². The van der Waals surface area contributed by atoms with Gasteiger partial charge in [0, 0.05) is 24.3 Å². The first-order chi connectivity index (χ1) is 9.65. The maximum Gasteiger partial charge on any atom is 0.256 e. The number of rotatable bonds is 2. The summed E-state index contributed by atoms with van der Waals surface area (Å²) in [5, 5.41) is 0. The first-order valence-corrected chi connectivity index (χ1v) is 7.59. The molecule has 0 saturated heterocycles. The Morgan fingerprint density at radius 3 is 2.70 bits per heavy atom. The van der Waals surface area contributed by atoms with Gasteiger partial charge in [-0.1, -0.05) is 44.9 Å². The van der Waals surface area contributed by atoms with E-state index < -0.39 is 0 Å². The van der Waals surface area contributed by atoms with Gasteiger partial charge in [0.25, 0.3) is 5.91 Å². The van der Waals surface area contributed by atoms with Crippen molar-refractivity contribution in [1.29, 1.82) is 0 Å². The van der Waals surface area contributed by atoms with E-state index >= 15 is 0 Å². The SMILES string of the molecule is CO[C@@H]1c2ccccc2C(=O)N1[C@@H]1CCC[C@H](C)[C@@H]1C. The molecule has 0 bridgehead atoms. The Balaban J connectivity index is 1.96. The summed E-state index contributed by atoms with van der Waals surface area (Å²) in [6.07, 6.45) is 3.35. The van der Waals surface area contributed by atoms with Gasteiger partial charge in [0.05, 0.1) is 0 Å². The van der Waals surface area contributed by atoms with Crippen molar-refractivity contribution in [3.8, 4) is 0 Å².